The summed E-state index contributed by atoms with van der Waals surface area (Å²) >= 11 is 0. The van der Waals surface area contributed by atoms with Gasteiger partial charge in [0, 0.05) is 12.3 Å². The molecule has 104 valence electrons. The van der Waals surface area contributed by atoms with Crippen molar-refractivity contribution in [2.24, 2.45) is 11.8 Å². The van der Waals surface area contributed by atoms with Crippen LogP contribution in [-0.2, 0) is 4.79 Å². The maximum absolute atomic E-state index is 11.9. The first-order valence-corrected chi connectivity index (χ1v) is 6.95. The number of hydrogen-bond acceptors (Lipinski definition) is 3. The highest BCUT2D eigenvalue weighted by atomic mass is 16.5. The minimum Gasteiger partial charge on any atom is -0.497 e. The maximum Gasteiger partial charge on any atom is 0.136 e. The second kappa shape index (κ2) is 6.20. The summed E-state index contributed by atoms with van der Waals surface area (Å²) in [6.07, 6.45) is 2.49. The SMILES string of the molecule is COc1cccc(C(O)CC2CC(C)CCC2=O)c1. The largest absolute Gasteiger partial charge is 0.497 e. The molecule has 1 aromatic carbocycles. The van der Waals surface area contributed by atoms with Crippen LogP contribution >= 0.6 is 0 Å². The van der Waals surface area contributed by atoms with Crippen LogP contribution in [0.15, 0.2) is 24.3 Å². The fraction of sp³-hybridized carbons (Fsp3) is 0.562. The Bertz CT molecular complexity index is 441. The highest BCUT2D eigenvalue weighted by molar-refractivity contribution is 5.81. The molecule has 1 aliphatic carbocycles. The van der Waals surface area contributed by atoms with Crippen LogP contribution in [0.3, 0.4) is 0 Å². The van der Waals surface area contributed by atoms with Gasteiger partial charge in [-0.3, -0.25) is 4.79 Å². The summed E-state index contributed by atoms with van der Waals surface area (Å²) in [4.78, 5) is 11.9. The van der Waals surface area contributed by atoms with E-state index in [1.54, 1.807) is 7.11 Å². The molecule has 1 aromatic rings. The molecular weight excluding hydrogens is 240 g/mol. The first-order valence-electron chi connectivity index (χ1n) is 6.95. The Balaban J connectivity index is 2.03. The van der Waals surface area contributed by atoms with Crippen LogP contribution in [0.1, 0.15) is 44.3 Å². The smallest absolute Gasteiger partial charge is 0.136 e. The Morgan fingerprint density at radius 3 is 3.00 bits per heavy atom. The average Bonchev–Trinajstić information content (AvgIpc) is 2.43. The number of rotatable bonds is 4. The fourth-order valence-electron chi connectivity index (χ4n) is 2.81. The Labute approximate surface area is 114 Å². The standard InChI is InChI=1S/C16H22O3/c1-11-6-7-15(17)13(8-11)10-16(18)12-4-3-5-14(9-12)19-2/h3-5,9,11,13,16,18H,6-8,10H2,1-2H3. The molecule has 0 radical (unpaired) electrons. The molecule has 1 aliphatic rings. The highest BCUT2D eigenvalue weighted by Gasteiger charge is 2.28. The molecule has 3 heteroatoms. The third-order valence-electron chi connectivity index (χ3n) is 4.01. The molecular formula is C16H22O3. The molecule has 3 unspecified atom stereocenters. The van der Waals surface area contributed by atoms with Gasteiger partial charge in [-0.2, -0.15) is 0 Å². The van der Waals surface area contributed by atoms with E-state index in [0.29, 0.717) is 24.5 Å². The molecule has 0 saturated heterocycles. The minimum atomic E-state index is -0.589. The van der Waals surface area contributed by atoms with Crippen LogP contribution in [0.5, 0.6) is 5.75 Å². The number of ether oxygens (including phenoxy) is 1. The van der Waals surface area contributed by atoms with Gasteiger partial charge in [-0.05, 0) is 42.9 Å². The van der Waals surface area contributed by atoms with E-state index in [9.17, 15) is 9.90 Å². The van der Waals surface area contributed by atoms with Gasteiger partial charge in [0.2, 0.25) is 0 Å². The lowest BCUT2D eigenvalue weighted by Gasteiger charge is -2.27. The van der Waals surface area contributed by atoms with E-state index in [-0.39, 0.29) is 5.92 Å². The Hall–Kier alpha value is -1.35. The first kappa shape index (κ1) is 14.1. The summed E-state index contributed by atoms with van der Waals surface area (Å²) in [5, 5.41) is 10.3. The number of carbonyl (C=O) groups excluding carboxylic acids is 1. The van der Waals surface area contributed by atoms with E-state index in [1.165, 1.54) is 0 Å². The van der Waals surface area contributed by atoms with Crippen LogP contribution in [0.4, 0.5) is 0 Å². The molecule has 0 bridgehead atoms. The number of ketones is 1. The lowest BCUT2D eigenvalue weighted by Crippen LogP contribution is -2.25. The number of methoxy groups -OCH3 is 1. The third-order valence-corrected chi connectivity index (χ3v) is 4.01. The molecule has 1 N–H and O–H groups in total. The van der Waals surface area contributed by atoms with Crippen molar-refractivity contribution in [1.82, 2.24) is 0 Å². The molecule has 3 atom stereocenters. The summed E-state index contributed by atoms with van der Waals surface area (Å²) in [5.74, 6) is 1.63. The number of Topliss-reactive ketones (excluding diaryl/α,β-unsaturated/α-hetero) is 1. The molecule has 1 saturated carbocycles. The van der Waals surface area contributed by atoms with E-state index in [1.807, 2.05) is 24.3 Å². The van der Waals surface area contributed by atoms with Crippen molar-refractivity contribution >= 4 is 5.78 Å². The van der Waals surface area contributed by atoms with Gasteiger partial charge in [-0.15, -0.1) is 0 Å². The van der Waals surface area contributed by atoms with Gasteiger partial charge in [0.25, 0.3) is 0 Å². The lowest BCUT2D eigenvalue weighted by molar-refractivity contribution is -0.126. The molecule has 19 heavy (non-hydrogen) atoms. The van der Waals surface area contributed by atoms with Gasteiger partial charge in [0.05, 0.1) is 13.2 Å². The minimum absolute atomic E-state index is 0.00458. The van der Waals surface area contributed by atoms with Gasteiger partial charge in [-0.25, -0.2) is 0 Å². The zero-order chi connectivity index (χ0) is 13.8. The average molecular weight is 262 g/mol. The molecule has 1 fully saturated rings. The Morgan fingerprint density at radius 1 is 1.47 bits per heavy atom. The van der Waals surface area contributed by atoms with Crippen molar-refractivity contribution in [1.29, 1.82) is 0 Å². The summed E-state index contributed by atoms with van der Waals surface area (Å²) in [5.41, 5.74) is 0.824. The summed E-state index contributed by atoms with van der Waals surface area (Å²) in [6.45, 7) is 2.18. The van der Waals surface area contributed by atoms with E-state index < -0.39 is 6.10 Å². The number of aliphatic hydroxyl groups excluding tert-OH is 1. The van der Waals surface area contributed by atoms with Gasteiger partial charge in [0.1, 0.15) is 11.5 Å². The normalized spacial score (nSPS) is 25.1. The van der Waals surface area contributed by atoms with Crippen LogP contribution < -0.4 is 4.74 Å². The second-order valence-corrected chi connectivity index (χ2v) is 5.57. The van der Waals surface area contributed by atoms with Crippen LogP contribution in [-0.4, -0.2) is 18.0 Å². The predicted octanol–water partition coefficient (Wildman–Crippen LogP) is 3.12. The van der Waals surface area contributed by atoms with Crippen LogP contribution in [0.2, 0.25) is 0 Å². The molecule has 0 spiro atoms. The van der Waals surface area contributed by atoms with E-state index in [4.69, 9.17) is 4.74 Å². The van der Waals surface area contributed by atoms with Gasteiger partial charge < -0.3 is 9.84 Å². The number of aliphatic hydroxyl groups is 1. The summed E-state index contributed by atoms with van der Waals surface area (Å²) in [7, 11) is 1.61. The van der Waals surface area contributed by atoms with Crippen molar-refractivity contribution in [3.63, 3.8) is 0 Å². The maximum atomic E-state index is 11.9. The second-order valence-electron chi connectivity index (χ2n) is 5.57. The van der Waals surface area contributed by atoms with Crippen molar-refractivity contribution in [3.8, 4) is 5.75 Å². The zero-order valence-electron chi connectivity index (χ0n) is 11.6. The highest BCUT2D eigenvalue weighted by Crippen LogP contribution is 2.33. The predicted molar refractivity (Wildman–Crippen MR) is 74.1 cm³/mol. The van der Waals surface area contributed by atoms with Crippen molar-refractivity contribution in [2.45, 2.75) is 38.7 Å². The van der Waals surface area contributed by atoms with E-state index in [0.717, 1.165) is 24.2 Å². The zero-order valence-corrected chi connectivity index (χ0v) is 11.6. The summed E-state index contributed by atoms with van der Waals surface area (Å²) < 4.78 is 5.16. The van der Waals surface area contributed by atoms with Crippen LogP contribution in [0.25, 0.3) is 0 Å². The van der Waals surface area contributed by atoms with Crippen molar-refractivity contribution < 1.29 is 14.6 Å². The molecule has 0 aliphatic heterocycles. The van der Waals surface area contributed by atoms with Crippen LogP contribution in [0, 0.1) is 11.8 Å². The van der Waals surface area contributed by atoms with Crippen molar-refractivity contribution in [2.75, 3.05) is 7.11 Å². The first-order chi connectivity index (χ1) is 9.10. The number of benzene rings is 1. The summed E-state index contributed by atoms with van der Waals surface area (Å²) in [6, 6.07) is 7.43. The molecule has 0 heterocycles. The topological polar surface area (TPSA) is 46.5 Å². The molecule has 0 aromatic heterocycles. The quantitative estimate of drug-likeness (QED) is 0.906. The Kier molecular flexibility index (Phi) is 4.59. The van der Waals surface area contributed by atoms with Gasteiger partial charge >= 0.3 is 0 Å². The van der Waals surface area contributed by atoms with Crippen molar-refractivity contribution in [3.05, 3.63) is 29.8 Å². The lowest BCUT2D eigenvalue weighted by atomic mass is 9.78. The number of carbonyl (C=O) groups is 1. The fourth-order valence-corrected chi connectivity index (χ4v) is 2.81. The van der Waals surface area contributed by atoms with E-state index >= 15 is 0 Å². The monoisotopic (exact) mass is 262 g/mol. The molecule has 2 rings (SSSR count). The number of hydrogen-bond donors (Lipinski definition) is 1. The Morgan fingerprint density at radius 2 is 2.26 bits per heavy atom. The van der Waals surface area contributed by atoms with Gasteiger partial charge in [0.15, 0.2) is 0 Å². The molecule has 3 nitrogen and oxygen atoms in total. The van der Waals surface area contributed by atoms with Gasteiger partial charge in [-0.1, -0.05) is 19.1 Å². The molecule has 0 amide bonds. The van der Waals surface area contributed by atoms with E-state index in [2.05, 4.69) is 6.92 Å². The third kappa shape index (κ3) is 3.57.